The quantitative estimate of drug-likeness (QED) is 0.178. The van der Waals surface area contributed by atoms with Gasteiger partial charge in [-0.15, -0.1) is 0 Å². The minimum absolute atomic E-state index is 0.0574. The van der Waals surface area contributed by atoms with E-state index in [1.54, 1.807) is 44.7 Å². The number of likely N-dealkylation sites (N-methyl/N-ethyl adjacent to an activating group) is 1. The van der Waals surface area contributed by atoms with E-state index in [9.17, 15) is 39.6 Å². The Morgan fingerprint density at radius 1 is 0.948 bits per heavy atom. The molecule has 2 aromatic carbocycles. The Bertz CT molecular complexity index is 1990. The lowest BCUT2D eigenvalue weighted by atomic mass is 9.78. The molecule has 2 amide bonds. The van der Waals surface area contributed by atoms with E-state index in [-0.39, 0.29) is 50.6 Å². The summed E-state index contributed by atoms with van der Waals surface area (Å²) in [6, 6.07) is 1.27. The molecule has 5 N–H and O–H groups in total. The van der Waals surface area contributed by atoms with Gasteiger partial charge in [-0.3, -0.25) is 19.2 Å². The number of phenolic OH excluding ortho intramolecular Hbond substituents is 2. The summed E-state index contributed by atoms with van der Waals surface area (Å²) in [4.78, 5) is 54.9. The molecule has 3 heterocycles. The van der Waals surface area contributed by atoms with E-state index in [1.165, 1.54) is 59.3 Å². The number of anilines is 1. The predicted molar refractivity (Wildman–Crippen MR) is 216 cm³/mol. The molecule has 0 fully saturated rings. The van der Waals surface area contributed by atoms with Gasteiger partial charge in [-0.05, 0) is 33.8 Å². The van der Waals surface area contributed by atoms with Crippen LogP contribution >= 0.6 is 0 Å². The number of carbonyl (C=O) groups is 4. The second-order valence-electron chi connectivity index (χ2n) is 15.3. The number of esters is 1. The van der Waals surface area contributed by atoms with Gasteiger partial charge in [0.25, 0.3) is 17.6 Å². The minimum Gasteiger partial charge on any atom is -0.507 e. The average Bonchev–Trinajstić information content (AvgIpc) is 3.45. The number of allylic oxidation sites excluding steroid dienone is 2. The number of aromatic hydroxyl groups is 2. The number of carbonyl (C=O) groups excluding carboxylic acids is 4. The van der Waals surface area contributed by atoms with E-state index in [0.29, 0.717) is 13.1 Å². The zero-order chi connectivity index (χ0) is 43.4. The van der Waals surface area contributed by atoms with Crippen molar-refractivity contribution in [3.05, 3.63) is 53.3 Å². The van der Waals surface area contributed by atoms with Crippen LogP contribution in [-0.4, -0.2) is 106 Å². The van der Waals surface area contributed by atoms with Crippen molar-refractivity contribution in [1.82, 2.24) is 4.90 Å². The fourth-order valence-corrected chi connectivity index (χ4v) is 7.56. The van der Waals surface area contributed by atoms with Gasteiger partial charge < -0.3 is 54.3 Å². The zero-order valence-corrected chi connectivity index (χ0v) is 35.1. The van der Waals surface area contributed by atoms with E-state index in [4.69, 9.17) is 23.7 Å². The van der Waals surface area contributed by atoms with Crippen molar-refractivity contribution in [2.75, 3.05) is 32.1 Å². The molecule has 15 heteroatoms. The number of fused-ring (bicyclic) bond motifs is 14. The van der Waals surface area contributed by atoms with Crippen LogP contribution in [0, 0.1) is 30.6 Å². The Morgan fingerprint density at radius 3 is 2.21 bits per heavy atom. The largest absolute Gasteiger partial charge is 0.507 e. The number of Topliss-reactive ketones (excluding diaryl/α,β-unsaturated/α-hetero) is 1. The Balaban J connectivity index is 1.94. The van der Waals surface area contributed by atoms with Crippen LogP contribution in [0.5, 0.6) is 23.0 Å². The van der Waals surface area contributed by atoms with Gasteiger partial charge in [0.1, 0.15) is 23.4 Å². The lowest BCUT2D eigenvalue weighted by molar-refractivity contribution is -0.160. The maximum Gasteiger partial charge on any atom is 0.312 e. The van der Waals surface area contributed by atoms with Crippen LogP contribution < -0.4 is 14.8 Å². The number of methoxy groups -OCH3 is 1. The number of hydrogen-bond acceptors (Lipinski definition) is 13. The van der Waals surface area contributed by atoms with E-state index in [2.05, 4.69) is 5.32 Å². The van der Waals surface area contributed by atoms with E-state index in [0.717, 1.165) is 0 Å². The highest BCUT2D eigenvalue weighted by molar-refractivity contribution is 6.21. The number of aliphatic hydroxyl groups is 2. The highest BCUT2D eigenvalue weighted by Crippen LogP contribution is 2.54. The Morgan fingerprint density at radius 2 is 1.60 bits per heavy atom. The number of phenols is 2. The molecule has 0 aromatic heterocycles. The molecule has 0 spiro atoms. The summed E-state index contributed by atoms with van der Waals surface area (Å²) in [5.74, 6) is -8.01. The van der Waals surface area contributed by atoms with Gasteiger partial charge in [0.2, 0.25) is 0 Å². The Kier molecular flexibility index (Phi) is 14.6. The second kappa shape index (κ2) is 18.6. The van der Waals surface area contributed by atoms with Crippen molar-refractivity contribution in [1.29, 1.82) is 0 Å². The van der Waals surface area contributed by atoms with Crippen molar-refractivity contribution in [2.45, 2.75) is 99.4 Å². The molecule has 0 unspecified atom stereocenters. The number of nitrogens with one attached hydrogen (secondary N) is 1. The molecule has 2 aromatic rings. The third-order valence-electron chi connectivity index (χ3n) is 11.3. The third-order valence-corrected chi connectivity index (χ3v) is 11.3. The SMILES string of the molecule is CCN(CC)C(=O)COc1cc2c(O)c3c(O)c(C)c4c(c13)C(=O)[C@](C)(OC=C[C@H](OC)[C@@H](C)[C@H](OC(C)=O)[C@H](C)[C@H](O)[C@H](C)[C@H](O)[C@@H](C)C=CC=C(C)C(=O)N2)O4. The normalized spacial score (nSPS) is 28.1. The number of rotatable bonds is 7. The molecule has 0 saturated carbocycles. The summed E-state index contributed by atoms with van der Waals surface area (Å²) in [5.41, 5.74) is -0.00860. The van der Waals surface area contributed by atoms with Crippen molar-refractivity contribution in [3.8, 4) is 23.0 Å². The van der Waals surface area contributed by atoms with Crippen LogP contribution in [0.3, 0.4) is 0 Å². The number of aliphatic hydroxyl groups excluding tert-OH is 2. The predicted octanol–water partition coefficient (Wildman–Crippen LogP) is 5.30. The first-order valence-corrected chi connectivity index (χ1v) is 19.5. The zero-order valence-electron chi connectivity index (χ0n) is 35.1. The number of hydrogen-bond donors (Lipinski definition) is 5. The molecule has 0 radical (unpaired) electrons. The van der Waals surface area contributed by atoms with Crippen LogP contribution in [0.2, 0.25) is 0 Å². The average molecular weight is 811 g/mol. The highest BCUT2D eigenvalue weighted by atomic mass is 16.7. The molecular formula is C43H58N2O13. The summed E-state index contributed by atoms with van der Waals surface area (Å²) < 4.78 is 29.7. The van der Waals surface area contributed by atoms with E-state index in [1.807, 2.05) is 13.8 Å². The number of ketones is 1. The Labute approximate surface area is 339 Å². The lowest BCUT2D eigenvalue weighted by Gasteiger charge is -2.38. The smallest absolute Gasteiger partial charge is 0.312 e. The van der Waals surface area contributed by atoms with Crippen LogP contribution in [0.15, 0.2) is 42.2 Å². The van der Waals surface area contributed by atoms with Crippen LogP contribution in [0.25, 0.3) is 10.8 Å². The molecule has 58 heavy (non-hydrogen) atoms. The monoisotopic (exact) mass is 810 g/mol. The number of amides is 2. The molecule has 5 bridgehead atoms. The van der Waals surface area contributed by atoms with Gasteiger partial charge in [0.05, 0.1) is 41.2 Å². The molecule has 15 nitrogen and oxygen atoms in total. The summed E-state index contributed by atoms with van der Waals surface area (Å²) in [7, 11) is 1.44. The van der Waals surface area contributed by atoms with Crippen molar-refractivity contribution < 1.29 is 63.3 Å². The maximum atomic E-state index is 14.4. The summed E-state index contributed by atoms with van der Waals surface area (Å²) in [5, 5.41) is 48.4. The third kappa shape index (κ3) is 9.11. The van der Waals surface area contributed by atoms with Gasteiger partial charge in [0.15, 0.2) is 12.4 Å². The summed E-state index contributed by atoms with van der Waals surface area (Å²) in [6.45, 7) is 16.5. The standard InChI is InChI=1S/C43H58N2O13/c1-12-45(13-2)31(47)20-55-30-19-28-38(51)33-32(30)34-40(26(8)37(33)50)58-43(10,41(34)52)56-18-17-29(54-11)23(5)39(57-27(9)46)25(7)36(49)24(6)35(48)21(3)15-14-16-22(4)42(53)44-28/h14-19,21,23-25,29,35-36,39,48-51H,12-13,20H2,1-11H3,(H,44,53)/t21-,23+,24+,25+,29-,35+,36+,39-,43+/m0/s1. The number of nitrogens with zero attached hydrogens (tertiary/aromatic N) is 1. The Hall–Kier alpha value is -5.12. The fourth-order valence-electron chi connectivity index (χ4n) is 7.56. The molecule has 3 aliphatic rings. The van der Waals surface area contributed by atoms with Gasteiger partial charge in [-0.1, -0.05) is 45.9 Å². The molecule has 318 valence electrons. The van der Waals surface area contributed by atoms with Gasteiger partial charge in [-0.25, -0.2) is 0 Å². The maximum absolute atomic E-state index is 14.4. The van der Waals surface area contributed by atoms with E-state index < -0.39 is 89.6 Å². The summed E-state index contributed by atoms with van der Waals surface area (Å²) >= 11 is 0. The van der Waals surface area contributed by atoms with E-state index >= 15 is 0 Å². The summed E-state index contributed by atoms with van der Waals surface area (Å²) in [6.07, 6.45) is 3.60. The van der Waals surface area contributed by atoms with Gasteiger partial charge in [-0.2, -0.15) is 0 Å². The topological polar surface area (TPSA) is 211 Å². The van der Waals surface area contributed by atoms with Crippen LogP contribution in [0.4, 0.5) is 5.69 Å². The molecule has 0 aliphatic carbocycles. The fraction of sp³-hybridized carbons (Fsp3) is 0.535. The second-order valence-corrected chi connectivity index (χ2v) is 15.3. The van der Waals surface area contributed by atoms with Crippen molar-refractivity contribution >= 4 is 40.0 Å². The molecule has 9 atom stereocenters. The van der Waals surface area contributed by atoms with Crippen LogP contribution in [0.1, 0.15) is 78.2 Å². The molecule has 3 aliphatic heterocycles. The number of benzene rings is 2. The first kappa shape index (κ1) is 45.6. The first-order valence-electron chi connectivity index (χ1n) is 19.5. The van der Waals surface area contributed by atoms with Gasteiger partial charge in [0, 0.05) is 80.3 Å². The molecule has 0 saturated heterocycles. The molecular weight excluding hydrogens is 752 g/mol. The van der Waals surface area contributed by atoms with Crippen LogP contribution in [-0.2, 0) is 28.6 Å². The van der Waals surface area contributed by atoms with Crippen molar-refractivity contribution in [2.24, 2.45) is 23.7 Å². The molecule has 5 rings (SSSR count). The van der Waals surface area contributed by atoms with Crippen molar-refractivity contribution in [3.63, 3.8) is 0 Å². The number of ether oxygens (including phenoxy) is 5. The first-order chi connectivity index (χ1) is 27.2. The minimum atomic E-state index is -2.02. The lowest BCUT2D eigenvalue weighted by Crippen LogP contribution is -2.46. The highest BCUT2D eigenvalue weighted by Gasteiger charge is 2.49. The van der Waals surface area contributed by atoms with Gasteiger partial charge >= 0.3 is 11.8 Å².